The zero-order valence-corrected chi connectivity index (χ0v) is 11.4. The van der Waals surface area contributed by atoms with Crippen LogP contribution in [0, 0.1) is 6.92 Å². The number of nitrogens with zero attached hydrogens (tertiary/aromatic N) is 2. The Bertz CT molecular complexity index is 397. The molecule has 2 atom stereocenters. The Morgan fingerprint density at radius 2 is 2.29 bits per heavy atom. The molecular weight excluding hydrogens is 236 g/mol. The second-order valence-corrected chi connectivity index (χ2v) is 4.92. The largest absolute Gasteiger partial charge is 0.376 e. The van der Waals surface area contributed by atoms with E-state index in [1.807, 2.05) is 13.0 Å². The van der Waals surface area contributed by atoms with Crippen molar-refractivity contribution in [2.24, 2.45) is 0 Å². The maximum Gasteiger partial charge on any atom is 0.129 e. The van der Waals surface area contributed by atoms with Crippen LogP contribution in [0.15, 0.2) is 12.1 Å². The van der Waals surface area contributed by atoms with Crippen LogP contribution in [0.4, 0.5) is 5.82 Å². The number of ether oxygens (including phenoxy) is 1. The number of likely N-dealkylation sites (N-methyl/N-ethyl adjacent to an activating group) is 1. The van der Waals surface area contributed by atoms with Gasteiger partial charge in [-0.2, -0.15) is 0 Å². The van der Waals surface area contributed by atoms with Gasteiger partial charge >= 0.3 is 0 Å². The minimum absolute atomic E-state index is 0.266. The maximum absolute atomic E-state index is 5.89. The quantitative estimate of drug-likeness (QED) is 0.776. The lowest BCUT2D eigenvalue weighted by Crippen LogP contribution is -2.37. The average molecular weight is 255 g/mol. The number of anilines is 1. The molecule has 17 heavy (non-hydrogen) atoms. The van der Waals surface area contributed by atoms with Crippen LogP contribution in [0.25, 0.3) is 0 Å². The van der Waals surface area contributed by atoms with Crippen LogP contribution in [-0.4, -0.2) is 30.8 Å². The third-order valence-corrected chi connectivity index (χ3v) is 3.66. The average Bonchev–Trinajstić information content (AvgIpc) is 2.73. The zero-order valence-electron chi connectivity index (χ0n) is 10.6. The lowest BCUT2D eigenvalue weighted by molar-refractivity contribution is 0.118. The number of aryl methyl sites for hydroxylation is 1. The summed E-state index contributed by atoms with van der Waals surface area (Å²) in [7, 11) is 2.08. The first-order valence-corrected chi connectivity index (χ1v) is 6.53. The highest BCUT2D eigenvalue weighted by Crippen LogP contribution is 2.24. The highest BCUT2D eigenvalue weighted by atomic mass is 35.5. The fourth-order valence-corrected chi connectivity index (χ4v) is 2.53. The first kappa shape index (κ1) is 12.7. The number of hydrogen-bond donors (Lipinski definition) is 0. The van der Waals surface area contributed by atoms with Gasteiger partial charge in [-0.15, -0.1) is 11.6 Å². The van der Waals surface area contributed by atoms with Crippen molar-refractivity contribution in [3.05, 3.63) is 23.4 Å². The van der Waals surface area contributed by atoms with Crippen molar-refractivity contribution in [2.45, 2.75) is 38.3 Å². The molecule has 1 saturated heterocycles. The van der Waals surface area contributed by atoms with Crippen LogP contribution in [-0.2, 0) is 10.6 Å². The molecule has 3 nitrogen and oxygen atoms in total. The van der Waals surface area contributed by atoms with E-state index in [-0.39, 0.29) is 6.10 Å². The van der Waals surface area contributed by atoms with Crippen molar-refractivity contribution >= 4 is 17.4 Å². The van der Waals surface area contributed by atoms with E-state index in [9.17, 15) is 0 Å². The van der Waals surface area contributed by atoms with E-state index in [1.54, 1.807) is 0 Å². The molecule has 1 aliphatic heterocycles. The van der Waals surface area contributed by atoms with E-state index >= 15 is 0 Å². The topological polar surface area (TPSA) is 25.4 Å². The summed E-state index contributed by atoms with van der Waals surface area (Å²) in [6.45, 7) is 4.96. The number of pyridine rings is 1. The van der Waals surface area contributed by atoms with Gasteiger partial charge in [-0.3, -0.25) is 0 Å². The van der Waals surface area contributed by atoms with Gasteiger partial charge < -0.3 is 9.64 Å². The summed E-state index contributed by atoms with van der Waals surface area (Å²) in [6, 6.07) is 4.50. The molecule has 1 aliphatic rings. The van der Waals surface area contributed by atoms with Gasteiger partial charge in [0.2, 0.25) is 0 Å². The van der Waals surface area contributed by atoms with Crippen LogP contribution in [0.5, 0.6) is 0 Å². The number of aromatic nitrogens is 1. The fraction of sp³-hybridized carbons (Fsp3) is 0.615. The Hall–Kier alpha value is -0.800. The van der Waals surface area contributed by atoms with Crippen LogP contribution in [0.3, 0.4) is 0 Å². The first-order chi connectivity index (χ1) is 8.11. The van der Waals surface area contributed by atoms with Crippen LogP contribution >= 0.6 is 11.6 Å². The van der Waals surface area contributed by atoms with Crippen molar-refractivity contribution in [3.63, 3.8) is 0 Å². The second kappa shape index (κ2) is 5.23. The molecule has 1 fully saturated rings. The summed E-state index contributed by atoms with van der Waals surface area (Å²) >= 11 is 5.89. The van der Waals surface area contributed by atoms with E-state index in [1.165, 1.54) is 0 Å². The monoisotopic (exact) mass is 254 g/mol. The van der Waals surface area contributed by atoms with Gasteiger partial charge in [-0.1, -0.05) is 0 Å². The molecule has 1 aromatic heterocycles. The molecule has 0 bridgehead atoms. The Morgan fingerprint density at radius 3 is 2.88 bits per heavy atom. The predicted octanol–water partition coefficient (Wildman–Crippen LogP) is 2.74. The Labute approximate surface area is 108 Å². The van der Waals surface area contributed by atoms with Gasteiger partial charge in [0.15, 0.2) is 0 Å². The number of alkyl halides is 1. The summed E-state index contributed by atoms with van der Waals surface area (Å²) in [4.78, 5) is 6.78. The molecule has 0 saturated carbocycles. The maximum atomic E-state index is 5.89. The molecule has 0 radical (unpaired) electrons. The van der Waals surface area contributed by atoms with Gasteiger partial charge in [-0.05, 0) is 38.0 Å². The summed E-state index contributed by atoms with van der Waals surface area (Å²) in [5.41, 5.74) is 2.13. The summed E-state index contributed by atoms with van der Waals surface area (Å²) in [5, 5.41) is 0. The normalized spacial score (nSPS) is 24.0. The molecule has 2 unspecified atom stereocenters. The van der Waals surface area contributed by atoms with Crippen LogP contribution in [0.1, 0.15) is 24.6 Å². The summed E-state index contributed by atoms with van der Waals surface area (Å²) in [6.07, 6.45) is 1.32. The Kier molecular flexibility index (Phi) is 3.89. The van der Waals surface area contributed by atoms with Crippen molar-refractivity contribution in [1.29, 1.82) is 0 Å². The molecule has 0 aromatic carbocycles. The van der Waals surface area contributed by atoms with Gasteiger partial charge in [0.1, 0.15) is 5.82 Å². The second-order valence-electron chi connectivity index (χ2n) is 4.65. The van der Waals surface area contributed by atoms with Crippen molar-refractivity contribution in [3.8, 4) is 0 Å². The van der Waals surface area contributed by atoms with E-state index in [0.29, 0.717) is 11.9 Å². The molecule has 94 valence electrons. The van der Waals surface area contributed by atoms with Gasteiger partial charge in [0.25, 0.3) is 0 Å². The molecule has 2 rings (SSSR count). The molecule has 1 aromatic rings. The van der Waals surface area contributed by atoms with Crippen LogP contribution in [0.2, 0.25) is 0 Å². The minimum Gasteiger partial charge on any atom is -0.376 e. The SMILES string of the molecule is Cc1cc(CCl)cc(N(C)C2CCOC2C)n1. The smallest absolute Gasteiger partial charge is 0.129 e. The highest BCUT2D eigenvalue weighted by molar-refractivity contribution is 6.17. The van der Waals surface area contributed by atoms with Gasteiger partial charge in [0.05, 0.1) is 12.1 Å². The molecule has 0 spiro atoms. The van der Waals surface area contributed by atoms with Crippen molar-refractivity contribution < 1.29 is 4.74 Å². The third kappa shape index (κ3) is 2.72. The standard InChI is InChI=1S/C13H19ClN2O/c1-9-6-11(8-14)7-13(15-9)16(3)12-4-5-17-10(12)2/h6-7,10,12H,4-5,8H2,1-3H3. The molecule has 2 heterocycles. The zero-order chi connectivity index (χ0) is 12.4. The third-order valence-electron chi connectivity index (χ3n) is 3.35. The van der Waals surface area contributed by atoms with Gasteiger partial charge in [-0.25, -0.2) is 4.98 Å². The Morgan fingerprint density at radius 1 is 1.53 bits per heavy atom. The van der Waals surface area contributed by atoms with Crippen LogP contribution < -0.4 is 4.90 Å². The lowest BCUT2D eigenvalue weighted by atomic mass is 10.1. The predicted molar refractivity (Wildman–Crippen MR) is 70.8 cm³/mol. The van der Waals surface area contributed by atoms with Crippen molar-refractivity contribution in [1.82, 2.24) is 4.98 Å². The summed E-state index contributed by atoms with van der Waals surface area (Å²) in [5.74, 6) is 1.52. The summed E-state index contributed by atoms with van der Waals surface area (Å²) < 4.78 is 5.60. The number of hydrogen-bond acceptors (Lipinski definition) is 3. The molecule has 4 heteroatoms. The molecule has 0 aliphatic carbocycles. The van der Waals surface area contributed by atoms with E-state index < -0.39 is 0 Å². The first-order valence-electron chi connectivity index (χ1n) is 6.00. The number of rotatable bonds is 3. The van der Waals surface area contributed by atoms with E-state index in [4.69, 9.17) is 16.3 Å². The van der Waals surface area contributed by atoms with Gasteiger partial charge in [0, 0.05) is 25.2 Å². The molecule has 0 N–H and O–H groups in total. The Balaban J connectivity index is 2.23. The minimum atomic E-state index is 0.266. The van der Waals surface area contributed by atoms with E-state index in [0.717, 1.165) is 30.1 Å². The number of halogens is 1. The molecular formula is C13H19ClN2O. The van der Waals surface area contributed by atoms with E-state index in [2.05, 4.69) is 29.9 Å². The van der Waals surface area contributed by atoms with Crippen molar-refractivity contribution in [2.75, 3.05) is 18.6 Å². The molecule has 0 amide bonds. The highest BCUT2D eigenvalue weighted by Gasteiger charge is 2.28. The lowest BCUT2D eigenvalue weighted by Gasteiger charge is -2.28. The fourth-order valence-electron chi connectivity index (χ4n) is 2.38.